The summed E-state index contributed by atoms with van der Waals surface area (Å²) in [5, 5.41) is 8.45. The Balaban J connectivity index is 2.72. The van der Waals surface area contributed by atoms with Gasteiger partial charge in [0, 0.05) is 0 Å². The number of carboxylic acids is 1. The summed E-state index contributed by atoms with van der Waals surface area (Å²) in [6, 6.07) is 3.50. The summed E-state index contributed by atoms with van der Waals surface area (Å²) in [5.41, 5.74) is 0.496. The van der Waals surface area contributed by atoms with Gasteiger partial charge in [-0.15, -0.1) is 0 Å². The fraction of sp³-hybridized carbons (Fsp3) is 0.222. The predicted octanol–water partition coefficient (Wildman–Crippen LogP) is 2.08. The van der Waals surface area contributed by atoms with E-state index < -0.39 is 5.97 Å². The molecule has 1 N–H and O–H groups in total. The second kappa shape index (κ2) is 3.26. The van der Waals surface area contributed by atoms with E-state index in [-0.39, 0.29) is 6.42 Å². The molecule has 1 rings (SSSR count). The number of hydrogen-bond donors (Lipinski definition) is 1. The zero-order valence-corrected chi connectivity index (χ0v) is 6.83. The molecule has 64 valence electrons. The summed E-state index contributed by atoms with van der Waals surface area (Å²) in [5.74, 6) is 0.417. The third-order valence-corrected chi connectivity index (χ3v) is 1.45. The Labute approximate surface area is 70.3 Å². The number of carbonyl (C=O) groups is 1. The van der Waals surface area contributed by atoms with Crippen LogP contribution in [0, 0.1) is 6.92 Å². The molecule has 0 saturated carbocycles. The molecule has 0 amide bonds. The van der Waals surface area contributed by atoms with Crippen LogP contribution < -0.4 is 0 Å². The topological polar surface area (TPSA) is 50.4 Å². The first-order valence-electron chi connectivity index (χ1n) is 3.56. The number of rotatable bonds is 3. The van der Waals surface area contributed by atoms with Crippen molar-refractivity contribution in [1.29, 1.82) is 0 Å². The van der Waals surface area contributed by atoms with Gasteiger partial charge < -0.3 is 9.52 Å². The predicted molar refractivity (Wildman–Crippen MR) is 44.7 cm³/mol. The fourth-order valence-electron chi connectivity index (χ4n) is 0.894. The van der Waals surface area contributed by atoms with E-state index in [1.807, 2.05) is 0 Å². The van der Waals surface area contributed by atoms with Crippen LogP contribution in [0.25, 0.3) is 5.57 Å². The smallest absolute Gasteiger partial charge is 0.307 e. The highest BCUT2D eigenvalue weighted by Crippen LogP contribution is 2.18. The summed E-state index contributed by atoms with van der Waals surface area (Å²) >= 11 is 0. The normalized spacial score (nSPS) is 9.75. The quantitative estimate of drug-likeness (QED) is 0.747. The molecular weight excluding hydrogens is 156 g/mol. The van der Waals surface area contributed by atoms with Crippen molar-refractivity contribution in [3.63, 3.8) is 0 Å². The van der Waals surface area contributed by atoms with E-state index in [1.54, 1.807) is 19.1 Å². The Bertz CT molecular complexity index is 309. The van der Waals surface area contributed by atoms with Gasteiger partial charge in [-0.25, -0.2) is 0 Å². The molecule has 0 aromatic carbocycles. The summed E-state index contributed by atoms with van der Waals surface area (Å²) in [7, 11) is 0. The molecule has 3 heteroatoms. The van der Waals surface area contributed by atoms with Crippen molar-refractivity contribution < 1.29 is 14.3 Å². The van der Waals surface area contributed by atoms with Crippen molar-refractivity contribution in [2.75, 3.05) is 0 Å². The third-order valence-electron chi connectivity index (χ3n) is 1.45. The van der Waals surface area contributed by atoms with Crippen LogP contribution in [0.2, 0.25) is 0 Å². The Hall–Kier alpha value is -1.51. The average molecular weight is 166 g/mol. The molecule has 0 fully saturated rings. The van der Waals surface area contributed by atoms with Crippen LogP contribution in [0.1, 0.15) is 17.9 Å². The molecule has 0 spiro atoms. The van der Waals surface area contributed by atoms with Crippen molar-refractivity contribution in [2.24, 2.45) is 0 Å². The van der Waals surface area contributed by atoms with Crippen LogP contribution >= 0.6 is 0 Å². The van der Waals surface area contributed by atoms with Crippen molar-refractivity contribution in [1.82, 2.24) is 0 Å². The standard InChI is InChI=1S/C9H10O3/c1-6(5-9(10)11)8-4-3-7(2)12-8/h3-4H,1,5H2,2H3,(H,10,11). The van der Waals surface area contributed by atoms with Crippen molar-refractivity contribution >= 4 is 11.5 Å². The zero-order valence-electron chi connectivity index (χ0n) is 6.83. The number of hydrogen-bond acceptors (Lipinski definition) is 2. The second-order valence-electron chi connectivity index (χ2n) is 2.58. The van der Waals surface area contributed by atoms with Crippen LogP contribution in [-0.2, 0) is 4.79 Å². The summed E-state index contributed by atoms with van der Waals surface area (Å²) in [6.07, 6.45) is -0.0764. The van der Waals surface area contributed by atoms with Gasteiger partial charge in [-0.3, -0.25) is 4.79 Å². The molecule has 12 heavy (non-hydrogen) atoms. The van der Waals surface area contributed by atoms with Crippen LogP contribution in [0.3, 0.4) is 0 Å². The van der Waals surface area contributed by atoms with Gasteiger partial charge in [0.05, 0.1) is 6.42 Å². The maximum atomic E-state index is 10.3. The SMILES string of the molecule is C=C(CC(=O)O)c1ccc(C)o1. The van der Waals surface area contributed by atoms with Gasteiger partial charge in [0.15, 0.2) is 0 Å². The molecule has 0 atom stereocenters. The molecule has 0 saturated heterocycles. The van der Waals surface area contributed by atoms with Crippen molar-refractivity contribution in [3.8, 4) is 0 Å². The van der Waals surface area contributed by atoms with Gasteiger partial charge in [0.1, 0.15) is 11.5 Å². The van der Waals surface area contributed by atoms with E-state index in [1.165, 1.54) is 0 Å². The highest BCUT2D eigenvalue weighted by molar-refractivity contribution is 5.81. The second-order valence-corrected chi connectivity index (χ2v) is 2.58. The Morgan fingerprint density at radius 3 is 2.75 bits per heavy atom. The molecule has 1 heterocycles. The number of carboxylic acid groups (broad SMARTS) is 1. The summed E-state index contributed by atoms with van der Waals surface area (Å²) in [4.78, 5) is 10.3. The van der Waals surface area contributed by atoms with Crippen LogP contribution in [-0.4, -0.2) is 11.1 Å². The lowest BCUT2D eigenvalue weighted by Crippen LogP contribution is -1.94. The average Bonchev–Trinajstić information content (AvgIpc) is 2.34. The largest absolute Gasteiger partial charge is 0.481 e. The maximum Gasteiger partial charge on any atom is 0.307 e. The monoisotopic (exact) mass is 166 g/mol. The molecule has 0 radical (unpaired) electrons. The first-order valence-corrected chi connectivity index (χ1v) is 3.56. The van der Waals surface area contributed by atoms with E-state index in [2.05, 4.69) is 6.58 Å². The van der Waals surface area contributed by atoms with Gasteiger partial charge in [-0.05, 0) is 24.6 Å². The number of aliphatic carboxylic acids is 1. The first kappa shape index (κ1) is 8.59. The van der Waals surface area contributed by atoms with Gasteiger partial charge in [-0.1, -0.05) is 6.58 Å². The highest BCUT2D eigenvalue weighted by atomic mass is 16.4. The lowest BCUT2D eigenvalue weighted by atomic mass is 10.2. The minimum atomic E-state index is -0.894. The molecule has 0 aliphatic rings. The molecule has 1 aromatic heterocycles. The minimum Gasteiger partial charge on any atom is -0.481 e. The van der Waals surface area contributed by atoms with E-state index >= 15 is 0 Å². The third kappa shape index (κ3) is 1.99. The lowest BCUT2D eigenvalue weighted by Gasteiger charge is -1.96. The van der Waals surface area contributed by atoms with E-state index in [4.69, 9.17) is 9.52 Å². The Morgan fingerprint density at radius 2 is 2.33 bits per heavy atom. The van der Waals surface area contributed by atoms with Crippen molar-refractivity contribution in [2.45, 2.75) is 13.3 Å². The van der Waals surface area contributed by atoms with Crippen LogP contribution in [0.5, 0.6) is 0 Å². The maximum absolute atomic E-state index is 10.3. The molecule has 0 aliphatic heterocycles. The highest BCUT2D eigenvalue weighted by Gasteiger charge is 2.07. The minimum absolute atomic E-state index is 0.0764. The molecular formula is C9H10O3. The molecule has 0 unspecified atom stereocenters. The molecule has 1 aromatic rings. The van der Waals surface area contributed by atoms with Gasteiger partial charge in [0.2, 0.25) is 0 Å². The summed E-state index contributed by atoms with van der Waals surface area (Å²) < 4.78 is 5.18. The van der Waals surface area contributed by atoms with Crippen molar-refractivity contribution in [3.05, 3.63) is 30.2 Å². The Kier molecular flexibility index (Phi) is 2.33. The molecule has 0 bridgehead atoms. The van der Waals surface area contributed by atoms with E-state index in [0.717, 1.165) is 5.76 Å². The fourth-order valence-corrected chi connectivity index (χ4v) is 0.894. The van der Waals surface area contributed by atoms with Crippen LogP contribution in [0.15, 0.2) is 23.1 Å². The lowest BCUT2D eigenvalue weighted by molar-refractivity contribution is -0.135. The number of furan rings is 1. The van der Waals surface area contributed by atoms with Gasteiger partial charge in [0.25, 0.3) is 0 Å². The molecule has 3 nitrogen and oxygen atoms in total. The van der Waals surface area contributed by atoms with Gasteiger partial charge >= 0.3 is 5.97 Å². The summed E-state index contributed by atoms with van der Waals surface area (Å²) in [6.45, 7) is 5.41. The first-order chi connectivity index (χ1) is 5.59. The Morgan fingerprint density at radius 1 is 1.67 bits per heavy atom. The molecule has 0 aliphatic carbocycles. The van der Waals surface area contributed by atoms with E-state index in [0.29, 0.717) is 11.3 Å². The van der Waals surface area contributed by atoms with E-state index in [9.17, 15) is 4.79 Å². The number of aryl methyl sites for hydroxylation is 1. The zero-order chi connectivity index (χ0) is 9.14. The van der Waals surface area contributed by atoms with Crippen LogP contribution in [0.4, 0.5) is 0 Å². The van der Waals surface area contributed by atoms with Gasteiger partial charge in [-0.2, -0.15) is 0 Å².